The average molecular weight is 246 g/mol. The van der Waals surface area contributed by atoms with Gasteiger partial charge in [0.25, 0.3) is 0 Å². The Morgan fingerprint density at radius 2 is 2.17 bits per heavy atom. The molecule has 0 aromatic heterocycles. The highest BCUT2D eigenvalue weighted by Crippen LogP contribution is 2.12. The first kappa shape index (κ1) is 13.1. The summed E-state index contributed by atoms with van der Waals surface area (Å²) in [6.07, 6.45) is 3.10. The van der Waals surface area contributed by atoms with Crippen molar-refractivity contribution in [2.45, 2.75) is 38.8 Å². The van der Waals surface area contributed by atoms with Crippen LogP contribution in [0, 0.1) is 0 Å². The number of benzene rings is 1. The second-order valence-corrected chi connectivity index (χ2v) is 4.89. The molecule has 1 atom stereocenters. The summed E-state index contributed by atoms with van der Waals surface area (Å²) in [4.78, 5) is 14.4. The topological polar surface area (TPSA) is 32.3 Å². The Bertz CT molecular complexity index is 371. The molecule has 1 aromatic rings. The number of carbonyl (C=O) groups excluding carboxylic acids is 1. The molecule has 1 fully saturated rings. The molecule has 1 amide bonds. The Labute approximate surface area is 109 Å². The number of nitrogens with one attached hydrogen (secondary N) is 1. The molecule has 0 spiro atoms. The Hall–Kier alpha value is -1.35. The normalized spacial score (nSPS) is 18.8. The molecule has 2 rings (SSSR count). The molecule has 1 heterocycles. The van der Waals surface area contributed by atoms with Gasteiger partial charge >= 0.3 is 0 Å². The Morgan fingerprint density at radius 1 is 1.39 bits per heavy atom. The summed E-state index contributed by atoms with van der Waals surface area (Å²) in [6.45, 7) is 4.66. The lowest BCUT2D eigenvalue weighted by atomic mass is 10.1. The van der Waals surface area contributed by atoms with Crippen molar-refractivity contribution in [3.8, 4) is 0 Å². The summed E-state index contributed by atoms with van der Waals surface area (Å²) in [5.41, 5.74) is 1.21. The minimum atomic E-state index is 0.0419. The summed E-state index contributed by atoms with van der Waals surface area (Å²) in [5.74, 6) is 0.262. The standard InChI is InChI=1S/C15H22N2O/c1-2-11-17(12-13-7-4-3-5-8-13)15(18)14-9-6-10-16-14/h3-5,7-8,14,16H,2,6,9-12H2,1H3/t14-/m1/s1. The lowest BCUT2D eigenvalue weighted by Gasteiger charge is -2.25. The number of carbonyl (C=O) groups is 1. The third-order valence-corrected chi connectivity index (χ3v) is 3.38. The second kappa shape index (κ2) is 6.55. The van der Waals surface area contributed by atoms with Crippen LogP contribution in [0.1, 0.15) is 31.7 Å². The minimum Gasteiger partial charge on any atom is -0.337 e. The lowest BCUT2D eigenvalue weighted by Crippen LogP contribution is -2.43. The van der Waals surface area contributed by atoms with Crippen LogP contribution in [0.3, 0.4) is 0 Å². The van der Waals surface area contributed by atoms with E-state index in [0.29, 0.717) is 0 Å². The Kier molecular flexibility index (Phi) is 4.76. The fourth-order valence-corrected chi connectivity index (χ4v) is 2.46. The highest BCUT2D eigenvalue weighted by Gasteiger charge is 2.26. The van der Waals surface area contributed by atoms with E-state index in [-0.39, 0.29) is 11.9 Å². The predicted octanol–water partition coefficient (Wildman–Crippen LogP) is 2.18. The van der Waals surface area contributed by atoms with Crippen molar-refractivity contribution < 1.29 is 4.79 Å². The average Bonchev–Trinajstić information content (AvgIpc) is 2.92. The van der Waals surface area contributed by atoms with Gasteiger partial charge in [0.2, 0.25) is 5.91 Å². The molecule has 1 aliphatic heterocycles. The fraction of sp³-hybridized carbons (Fsp3) is 0.533. The van der Waals surface area contributed by atoms with Crippen LogP contribution < -0.4 is 5.32 Å². The van der Waals surface area contributed by atoms with E-state index in [0.717, 1.165) is 38.9 Å². The van der Waals surface area contributed by atoms with Crippen LogP contribution in [0.25, 0.3) is 0 Å². The summed E-state index contributed by atoms with van der Waals surface area (Å²) in [7, 11) is 0. The van der Waals surface area contributed by atoms with Crippen molar-refractivity contribution in [2.75, 3.05) is 13.1 Å². The van der Waals surface area contributed by atoms with Crippen LogP contribution in [0.5, 0.6) is 0 Å². The van der Waals surface area contributed by atoms with Crippen molar-refractivity contribution in [3.05, 3.63) is 35.9 Å². The van der Waals surface area contributed by atoms with Crippen molar-refractivity contribution >= 4 is 5.91 Å². The van der Waals surface area contributed by atoms with E-state index in [1.54, 1.807) is 0 Å². The molecule has 1 aliphatic rings. The molecule has 0 saturated carbocycles. The molecular weight excluding hydrogens is 224 g/mol. The molecule has 0 radical (unpaired) electrons. The van der Waals surface area contributed by atoms with Gasteiger partial charge in [0, 0.05) is 13.1 Å². The van der Waals surface area contributed by atoms with Gasteiger partial charge in [-0.25, -0.2) is 0 Å². The van der Waals surface area contributed by atoms with Gasteiger partial charge in [0.05, 0.1) is 6.04 Å². The number of nitrogens with zero attached hydrogens (tertiary/aromatic N) is 1. The van der Waals surface area contributed by atoms with Gasteiger partial charge < -0.3 is 10.2 Å². The predicted molar refractivity (Wildman–Crippen MR) is 73.2 cm³/mol. The van der Waals surface area contributed by atoms with E-state index < -0.39 is 0 Å². The van der Waals surface area contributed by atoms with Gasteiger partial charge in [-0.15, -0.1) is 0 Å². The molecule has 1 aromatic carbocycles. The third kappa shape index (κ3) is 3.33. The summed E-state index contributed by atoms with van der Waals surface area (Å²) < 4.78 is 0. The Balaban J connectivity index is 2.00. The zero-order chi connectivity index (χ0) is 12.8. The number of hydrogen-bond acceptors (Lipinski definition) is 2. The molecule has 98 valence electrons. The summed E-state index contributed by atoms with van der Waals surface area (Å²) in [6, 6.07) is 10.3. The van der Waals surface area contributed by atoms with Crippen LogP contribution in [0.4, 0.5) is 0 Å². The maximum atomic E-state index is 12.4. The maximum Gasteiger partial charge on any atom is 0.240 e. The summed E-state index contributed by atoms with van der Waals surface area (Å²) >= 11 is 0. The van der Waals surface area contributed by atoms with Crippen LogP contribution in [-0.2, 0) is 11.3 Å². The molecule has 0 unspecified atom stereocenters. The largest absolute Gasteiger partial charge is 0.337 e. The van der Waals surface area contributed by atoms with Crippen LogP contribution in [0.15, 0.2) is 30.3 Å². The van der Waals surface area contributed by atoms with E-state index in [1.807, 2.05) is 23.1 Å². The number of amides is 1. The molecular formula is C15H22N2O. The van der Waals surface area contributed by atoms with E-state index in [1.165, 1.54) is 5.56 Å². The molecule has 1 N–H and O–H groups in total. The molecule has 18 heavy (non-hydrogen) atoms. The van der Waals surface area contributed by atoms with Crippen LogP contribution in [-0.4, -0.2) is 29.9 Å². The highest BCUT2D eigenvalue weighted by molar-refractivity contribution is 5.82. The van der Waals surface area contributed by atoms with Gasteiger partial charge in [0.1, 0.15) is 0 Å². The van der Waals surface area contributed by atoms with Gasteiger partial charge in [-0.2, -0.15) is 0 Å². The van der Waals surface area contributed by atoms with Crippen molar-refractivity contribution in [1.82, 2.24) is 10.2 Å². The maximum absolute atomic E-state index is 12.4. The zero-order valence-corrected chi connectivity index (χ0v) is 11.1. The quantitative estimate of drug-likeness (QED) is 0.863. The highest BCUT2D eigenvalue weighted by atomic mass is 16.2. The van der Waals surface area contributed by atoms with Gasteiger partial charge in [-0.3, -0.25) is 4.79 Å². The Morgan fingerprint density at radius 3 is 2.78 bits per heavy atom. The third-order valence-electron chi connectivity index (χ3n) is 3.38. The van der Waals surface area contributed by atoms with Crippen molar-refractivity contribution in [1.29, 1.82) is 0 Å². The first-order valence-electron chi connectivity index (χ1n) is 6.87. The fourth-order valence-electron chi connectivity index (χ4n) is 2.46. The summed E-state index contributed by atoms with van der Waals surface area (Å²) in [5, 5.41) is 3.29. The van der Waals surface area contributed by atoms with Gasteiger partial charge in [-0.1, -0.05) is 37.3 Å². The lowest BCUT2D eigenvalue weighted by molar-refractivity contribution is -0.133. The molecule has 0 aliphatic carbocycles. The number of hydrogen-bond donors (Lipinski definition) is 1. The van der Waals surface area contributed by atoms with Crippen LogP contribution >= 0.6 is 0 Å². The molecule has 3 heteroatoms. The monoisotopic (exact) mass is 246 g/mol. The zero-order valence-electron chi connectivity index (χ0n) is 11.1. The van der Waals surface area contributed by atoms with Gasteiger partial charge in [0.15, 0.2) is 0 Å². The SMILES string of the molecule is CCCN(Cc1ccccc1)C(=O)[C@H]1CCCN1. The van der Waals surface area contributed by atoms with E-state index in [4.69, 9.17) is 0 Å². The van der Waals surface area contributed by atoms with E-state index in [2.05, 4.69) is 24.4 Å². The van der Waals surface area contributed by atoms with Crippen molar-refractivity contribution in [2.24, 2.45) is 0 Å². The number of rotatable bonds is 5. The van der Waals surface area contributed by atoms with Crippen molar-refractivity contribution in [3.63, 3.8) is 0 Å². The first-order valence-corrected chi connectivity index (χ1v) is 6.87. The molecule has 0 bridgehead atoms. The minimum absolute atomic E-state index is 0.0419. The smallest absolute Gasteiger partial charge is 0.240 e. The molecule has 1 saturated heterocycles. The molecule has 3 nitrogen and oxygen atoms in total. The first-order chi connectivity index (χ1) is 8.81. The van der Waals surface area contributed by atoms with E-state index in [9.17, 15) is 4.79 Å². The second-order valence-electron chi connectivity index (χ2n) is 4.89. The van der Waals surface area contributed by atoms with Gasteiger partial charge in [-0.05, 0) is 31.4 Å². The van der Waals surface area contributed by atoms with Crippen LogP contribution in [0.2, 0.25) is 0 Å². The van der Waals surface area contributed by atoms with E-state index >= 15 is 0 Å².